The molecule has 116 valence electrons. The van der Waals surface area contributed by atoms with Gasteiger partial charge in [-0.15, -0.1) is 0 Å². The second kappa shape index (κ2) is 7.86. The predicted octanol–water partition coefficient (Wildman–Crippen LogP) is 3.04. The van der Waals surface area contributed by atoms with Crippen LogP contribution >= 0.6 is 0 Å². The van der Waals surface area contributed by atoms with Gasteiger partial charge in [-0.3, -0.25) is 0 Å². The largest absolute Gasteiger partial charge is 0.494 e. The van der Waals surface area contributed by atoms with Crippen molar-refractivity contribution in [3.8, 4) is 5.75 Å². The molecule has 2 amide bonds. The molecule has 1 atom stereocenters. The van der Waals surface area contributed by atoms with Gasteiger partial charge in [-0.05, 0) is 49.4 Å². The Labute approximate surface area is 125 Å². The maximum absolute atomic E-state index is 12.8. The van der Waals surface area contributed by atoms with E-state index in [1.807, 2.05) is 11.8 Å². The second-order valence-electron chi connectivity index (χ2n) is 5.42. The van der Waals surface area contributed by atoms with Gasteiger partial charge in [0.05, 0.1) is 6.61 Å². The third-order valence-corrected chi connectivity index (χ3v) is 3.71. The number of hydrogen-bond acceptors (Lipinski definition) is 2. The molecular formula is C16H23FN2O2. The van der Waals surface area contributed by atoms with Crippen molar-refractivity contribution in [2.75, 3.05) is 26.2 Å². The first-order chi connectivity index (χ1) is 10.2. The molecule has 1 heterocycles. The number of benzene rings is 1. The van der Waals surface area contributed by atoms with Crippen LogP contribution < -0.4 is 10.1 Å². The molecule has 1 aliphatic heterocycles. The van der Waals surface area contributed by atoms with Crippen LogP contribution in [0, 0.1) is 11.7 Å². The van der Waals surface area contributed by atoms with Crippen LogP contribution in [0.5, 0.6) is 5.75 Å². The maximum Gasteiger partial charge on any atom is 0.317 e. The van der Waals surface area contributed by atoms with Crippen LogP contribution in [0.25, 0.3) is 0 Å². The summed E-state index contributed by atoms with van der Waals surface area (Å²) in [5.41, 5.74) is 0. The molecular weight excluding hydrogens is 271 g/mol. The Kier molecular flexibility index (Phi) is 5.84. The van der Waals surface area contributed by atoms with Crippen LogP contribution in [-0.2, 0) is 0 Å². The van der Waals surface area contributed by atoms with Crippen LogP contribution in [-0.4, -0.2) is 37.2 Å². The highest BCUT2D eigenvalue weighted by molar-refractivity contribution is 5.74. The highest BCUT2D eigenvalue weighted by atomic mass is 19.1. The zero-order valence-corrected chi connectivity index (χ0v) is 12.5. The molecule has 1 saturated heterocycles. The van der Waals surface area contributed by atoms with E-state index in [0.717, 1.165) is 38.9 Å². The van der Waals surface area contributed by atoms with Gasteiger partial charge >= 0.3 is 6.03 Å². The van der Waals surface area contributed by atoms with Crippen molar-refractivity contribution in [1.82, 2.24) is 10.2 Å². The Balaban J connectivity index is 1.66. The van der Waals surface area contributed by atoms with Gasteiger partial charge in [-0.25, -0.2) is 9.18 Å². The van der Waals surface area contributed by atoms with Crippen molar-refractivity contribution in [1.29, 1.82) is 0 Å². The molecule has 1 aliphatic rings. The lowest BCUT2D eigenvalue weighted by Gasteiger charge is -2.17. The summed E-state index contributed by atoms with van der Waals surface area (Å²) >= 11 is 0. The Morgan fingerprint density at radius 1 is 1.43 bits per heavy atom. The summed E-state index contributed by atoms with van der Waals surface area (Å²) in [7, 11) is 0. The maximum atomic E-state index is 12.8. The minimum Gasteiger partial charge on any atom is -0.494 e. The molecule has 1 unspecified atom stereocenters. The van der Waals surface area contributed by atoms with E-state index in [9.17, 15) is 9.18 Å². The number of likely N-dealkylation sites (tertiary alicyclic amines) is 1. The molecule has 2 rings (SSSR count). The average molecular weight is 294 g/mol. The Hall–Kier alpha value is -1.78. The first-order valence-electron chi connectivity index (χ1n) is 7.60. The highest BCUT2D eigenvalue weighted by Crippen LogP contribution is 2.20. The van der Waals surface area contributed by atoms with E-state index in [4.69, 9.17) is 4.74 Å². The van der Waals surface area contributed by atoms with E-state index in [1.165, 1.54) is 12.1 Å². The van der Waals surface area contributed by atoms with Gasteiger partial charge in [0.15, 0.2) is 0 Å². The SMILES string of the molecule is CCCNC(=O)N1CCC(CCOc2ccc(F)cc2)C1. The number of urea groups is 1. The molecule has 0 spiro atoms. The fourth-order valence-corrected chi connectivity index (χ4v) is 2.47. The summed E-state index contributed by atoms with van der Waals surface area (Å²) in [6.07, 6.45) is 2.88. The first-order valence-corrected chi connectivity index (χ1v) is 7.60. The molecule has 1 aromatic carbocycles. The fourth-order valence-electron chi connectivity index (χ4n) is 2.47. The zero-order valence-electron chi connectivity index (χ0n) is 12.5. The Morgan fingerprint density at radius 3 is 2.90 bits per heavy atom. The van der Waals surface area contributed by atoms with Gasteiger partial charge < -0.3 is 15.0 Å². The number of amides is 2. The molecule has 21 heavy (non-hydrogen) atoms. The quantitative estimate of drug-likeness (QED) is 0.876. The number of carbonyl (C=O) groups is 1. The second-order valence-corrected chi connectivity index (χ2v) is 5.42. The molecule has 0 bridgehead atoms. The standard InChI is InChI=1S/C16H23FN2O2/c1-2-9-18-16(20)19-10-7-13(12-19)8-11-21-15-5-3-14(17)4-6-15/h3-6,13H,2,7-12H2,1H3,(H,18,20). The van der Waals surface area contributed by atoms with Crippen LogP contribution in [0.15, 0.2) is 24.3 Å². The minimum absolute atomic E-state index is 0.0406. The lowest BCUT2D eigenvalue weighted by atomic mass is 10.1. The lowest BCUT2D eigenvalue weighted by molar-refractivity contribution is 0.205. The summed E-state index contributed by atoms with van der Waals surface area (Å²) in [4.78, 5) is 13.7. The smallest absolute Gasteiger partial charge is 0.317 e. The first kappa shape index (κ1) is 15.6. The van der Waals surface area contributed by atoms with Gasteiger partial charge in [-0.2, -0.15) is 0 Å². The normalized spacial score (nSPS) is 17.8. The predicted molar refractivity (Wildman–Crippen MR) is 79.9 cm³/mol. The van der Waals surface area contributed by atoms with Crippen LogP contribution in [0.1, 0.15) is 26.2 Å². The molecule has 0 radical (unpaired) electrons. The van der Waals surface area contributed by atoms with Crippen molar-refractivity contribution < 1.29 is 13.9 Å². The fraction of sp³-hybridized carbons (Fsp3) is 0.562. The third-order valence-electron chi connectivity index (χ3n) is 3.71. The highest BCUT2D eigenvalue weighted by Gasteiger charge is 2.25. The summed E-state index contributed by atoms with van der Waals surface area (Å²) in [6.45, 7) is 4.98. The van der Waals surface area contributed by atoms with E-state index in [1.54, 1.807) is 12.1 Å². The molecule has 0 aromatic heterocycles. The summed E-state index contributed by atoms with van der Waals surface area (Å²) in [5.74, 6) is 0.914. The number of ether oxygens (including phenoxy) is 1. The third kappa shape index (κ3) is 4.92. The molecule has 5 heteroatoms. The van der Waals surface area contributed by atoms with Gasteiger partial charge in [0.25, 0.3) is 0 Å². The van der Waals surface area contributed by atoms with E-state index in [2.05, 4.69) is 5.32 Å². The Morgan fingerprint density at radius 2 is 2.19 bits per heavy atom. The minimum atomic E-state index is -0.258. The topological polar surface area (TPSA) is 41.6 Å². The average Bonchev–Trinajstić information content (AvgIpc) is 2.96. The number of nitrogens with one attached hydrogen (secondary N) is 1. The molecule has 0 saturated carbocycles. The van der Waals surface area contributed by atoms with Crippen molar-refractivity contribution in [2.24, 2.45) is 5.92 Å². The van der Waals surface area contributed by atoms with Gasteiger partial charge in [0.1, 0.15) is 11.6 Å². The van der Waals surface area contributed by atoms with Crippen molar-refractivity contribution in [3.05, 3.63) is 30.1 Å². The summed E-state index contributed by atoms with van der Waals surface area (Å²) < 4.78 is 18.4. The summed E-state index contributed by atoms with van der Waals surface area (Å²) in [5, 5.41) is 2.90. The van der Waals surface area contributed by atoms with Crippen LogP contribution in [0.2, 0.25) is 0 Å². The number of carbonyl (C=O) groups excluding carboxylic acids is 1. The monoisotopic (exact) mass is 294 g/mol. The van der Waals surface area contributed by atoms with Gasteiger partial charge in [0, 0.05) is 19.6 Å². The van der Waals surface area contributed by atoms with E-state index < -0.39 is 0 Å². The number of nitrogens with zero attached hydrogens (tertiary/aromatic N) is 1. The van der Waals surface area contributed by atoms with Crippen LogP contribution in [0.3, 0.4) is 0 Å². The summed E-state index contributed by atoms with van der Waals surface area (Å²) in [6, 6.07) is 6.09. The zero-order chi connectivity index (χ0) is 15.1. The van der Waals surface area contributed by atoms with E-state index in [-0.39, 0.29) is 11.8 Å². The molecule has 1 fully saturated rings. The lowest BCUT2D eigenvalue weighted by Crippen LogP contribution is -2.38. The van der Waals surface area contributed by atoms with E-state index >= 15 is 0 Å². The van der Waals surface area contributed by atoms with E-state index in [0.29, 0.717) is 18.3 Å². The van der Waals surface area contributed by atoms with Crippen molar-refractivity contribution in [2.45, 2.75) is 26.2 Å². The Bertz CT molecular complexity index is 450. The van der Waals surface area contributed by atoms with Crippen LogP contribution in [0.4, 0.5) is 9.18 Å². The van der Waals surface area contributed by atoms with Crippen molar-refractivity contribution >= 4 is 6.03 Å². The molecule has 1 aromatic rings. The van der Waals surface area contributed by atoms with Gasteiger partial charge in [-0.1, -0.05) is 6.92 Å². The molecule has 1 N–H and O–H groups in total. The van der Waals surface area contributed by atoms with Gasteiger partial charge in [0.2, 0.25) is 0 Å². The number of rotatable bonds is 6. The molecule has 0 aliphatic carbocycles. The van der Waals surface area contributed by atoms with Crippen molar-refractivity contribution in [3.63, 3.8) is 0 Å². The number of hydrogen-bond donors (Lipinski definition) is 1. The number of halogens is 1. The molecule has 4 nitrogen and oxygen atoms in total.